The summed E-state index contributed by atoms with van der Waals surface area (Å²) >= 11 is 0. The van der Waals surface area contributed by atoms with Crippen LogP contribution in [0.25, 0.3) is 0 Å². The van der Waals surface area contributed by atoms with Crippen LogP contribution >= 0.6 is 0 Å². The van der Waals surface area contributed by atoms with Crippen molar-refractivity contribution in [2.24, 2.45) is 5.92 Å². The maximum atomic E-state index is 9.77. The predicted molar refractivity (Wildman–Crippen MR) is 38.3 cm³/mol. The fourth-order valence-corrected chi connectivity index (χ4v) is 1.75. The molecule has 54 valence electrons. The van der Waals surface area contributed by atoms with Crippen LogP contribution in [0, 0.1) is 5.92 Å². The van der Waals surface area contributed by atoms with Gasteiger partial charge in [-0.1, -0.05) is 20.3 Å². The summed E-state index contributed by atoms with van der Waals surface area (Å²) in [5, 5.41) is 9.77. The topological polar surface area (TPSA) is 20.2 Å². The van der Waals surface area contributed by atoms with Gasteiger partial charge in [-0.25, -0.2) is 0 Å². The van der Waals surface area contributed by atoms with Crippen LogP contribution in [-0.2, 0) is 0 Å². The highest BCUT2D eigenvalue weighted by Crippen LogP contribution is 2.37. The molecule has 0 aromatic carbocycles. The van der Waals surface area contributed by atoms with Gasteiger partial charge in [0.25, 0.3) is 0 Å². The van der Waals surface area contributed by atoms with Crippen LogP contribution in [-0.4, -0.2) is 10.7 Å². The predicted octanol–water partition coefficient (Wildman–Crippen LogP) is 1.95. The highest BCUT2D eigenvalue weighted by Gasteiger charge is 2.35. The lowest BCUT2D eigenvalue weighted by Gasteiger charge is -2.25. The third-order valence-electron chi connectivity index (χ3n) is 2.78. The molecule has 1 heteroatoms. The Morgan fingerprint density at radius 1 is 1.67 bits per heavy atom. The fraction of sp³-hybridized carbons (Fsp3) is 1.00. The Labute approximate surface area is 57.1 Å². The molecule has 1 aliphatic carbocycles. The molecule has 1 N–H and O–H groups in total. The highest BCUT2D eigenvalue weighted by atomic mass is 16.3. The Balaban J connectivity index is 2.56. The van der Waals surface area contributed by atoms with Gasteiger partial charge in [0.2, 0.25) is 0 Å². The summed E-state index contributed by atoms with van der Waals surface area (Å²) in [6.45, 7) is 4.22. The molecule has 0 aliphatic heterocycles. The second kappa shape index (κ2) is 2.30. The van der Waals surface area contributed by atoms with E-state index in [1.54, 1.807) is 0 Å². The molecule has 0 spiro atoms. The molecule has 1 unspecified atom stereocenters. The molecule has 0 heterocycles. The SMILES string of the molecule is CCC1(O)CCC[C@@H]1C. The van der Waals surface area contributed by atoms with Crippen molar-refractivity contribution in [1.29, 1.82) is 0 Å². The zero-order valence-corrected chi connectivity index (χ0v) is 6.35. The standard InChI is InChI=1S/C8H16O/c1-3-8(9)6-4-5-7(8)2/h7,9H,3-6H2,1-2H3/t7-,8?/m0/s1. The lowest BCUT2D eigenvalue weighted by Crippen LogP contribution is -2.29. The normalized spacial score (nSPS) is 43.7. The minimum Gasteiger partial charge on any atom is -0.390 e. The van der Waals surface area contributed by atoms with E-state index in [9.17, 15) is 5.11 Å². The summed E-state index contributed by atoms with van der Waals surface area (Å²) in [5.74, 6) is 0.530. The molecule has 0 saturated heterocycles. The zero-order chi connectivity index (χ0) is 6.91. The Morgan fingerprint density at radius 3 is 2.56 bits per heavy atom. The van der Waals surface area contributed by atoms with Crippen molar-refractivity contribution in [1.82, 2.24) is 0 Å². The monoisotopic (exact) mass is 128 g/mol. The first-order chi connectivity index (χ1) is 4.19. The Bertz CT molecular complexity index is 101. The van der Waals surface area contributed by atoms with E-state index in [0.29, 0.717) is 5.92 Å². The molecule has 0 aromatic rings. The van der Waals surface area contributed by atoms with Gasteiger partial charge in [0.05, 0.1) is 5.60 Å². The first kappa shape index (κ1) is 7.07. The van der Waals surface area contributed by atoms with E-state index < -0.39 is 0 Å². The van der Waals surface area contributed by atoms with Gasteiger partial charge in [-0.05, 0) is 25.2 Å². The fourth-order valence-electron chi connectivity index (χ4n) is 1.75. The van der Waals surface area contributed by atoms with Crippen molar-refractivity contribution in [3.05, 3.63) is 0 Å². The van der Waals surface area contributed by atoms with Gasteiger partial charge in [-0.2, -0.15) is 0 Å². The summed E-state index contributed by atoms with van der Waals surface area (Å²) in [6.07, 6.45) is 4.37. The van der Waals surface area contributed by atoms with Crippen molar-refractivity contribution < 1.29 is 5.11 Å². The van der Waals surface area contributed by atoms with Crippen LogP contribution in [0.2, 0.25) is 0 Å². The molecule has 1 aliphatic rings. The molecular formula is C8H16O. The largest absolute Gasteiger partial charge is 0.390 e. The molecule has 0 amide bonds. The summed E-state index contributed by atoms with van der Waals surface area (Å²) < 4.78 is 0. The van der Waals surface area contributed by atoms with Gasteiger partial charge in [0, 0.05) is 0 Å². The van der Waals surface area contributed by atoms with Crippen LogP contribution in [0.3, 0.4) is 0 Å². The molecule has 2 atom stereocenters. The van der Waals surface area contributed by atoms with E-state index in [4.69, 9.17) is 0 Å². The summed E-state index contributed by atoms with van der Waals surface area (Å²) in [5.41, 5.74) is -0.306. The molecule has 9 heavy (non-hydrogen) atoms. The van der Waals surface area contributed by atoms with Crippen LogP contribution < -0.4 is 0 Å². The van der Waals surface area contributed by atoms with E-state index in [-0.39, 0.29) is 5.60 Å². The smallest absolute Gasteiger partial charge is 0.0670 e. The van der Waals surface area contributed by atoms with Gasteiger partial charge in [0.15, 0.2) is 0 Å². The molecule has 0 bridgehead atoms. The average Bonchev–Trinajstić information content (AvgIpc) is 2.15. The molecule has 1 fully saturated rings. The first-order valence-corrected chi connectivity index (χ1v) is 3.91. The minimum atomic E-state index is -0.306. The van der Waals surface area contributed by atoms with Gasteiger partial charge < -0.3 is 5.11 Å². The van der Waals surface area contributed by atoms with Crippen LogP contribution in [0.1, 0.15) is 39.5 Å². The average molecular weight is 128 g/mol. The zero-order valence-electron chi connectivity index (χ0n) is 6.35. The molecule has 1 nitrogen and oxygen atoms in total. The Kier molecular flexibility index (Phi) is 1.80. The van der Waals surface area contributed by atoms with E-state index in [1.165, 1.54) is 12.8 Å². The lowest BCUT2D eigenvalue weighted by atomic mass is 9.90. The molecule has 1 rings (SSSR count). The lowest BCUT2D eigenvalue weighted by molar-refractivity contribution is 0.00561. The van der Waals surface area contributed by atoms with Crippen LogP contribution in [0.5, 0.6) is 0 Å². The van der Waals surface area contributed by atoms with Gasteiger partial charge in [0.1, 0.15) is 0 Å². The Morgan fingerprint density at radius 2 is 2.33 bits per heavy atom. The van der Waals surface area contributed by atoms with Crippen molar-refractivity contribution in [2.75, 3.05) is 0 Å². The second-order valence-electron chi connectivity index (χ2n) is 3.25. The van der Waals surface area contributed by atoms with Crippen molar-refractivity contribution in [3.63, 3.8) is 0 Å². The minimum absolute atomic E-state index is 0.306. The summed E-state index contributed by atoms with van der Waals surface area (Å²) in [7, 11) is 0. The van der Waals surface area contributed by atoms with E-state index >= 15 is 0 Å². The molecule has 1 saturated carbocycles. The third-order valence-corrected chi connectivity index (χ3v) is 2.78. The Hall–Kier alpha value is -0.0400. The number of hydrogen-bond acceptors (Lipinski definition) is 1. The summed E-state index contributed by atoms with van der Waals surface area (Å²) in [4.78, 5) is 0. The maximum Gasteiger partial charge on any atom is 0.0670 e. The van der Waals surface area contributed by atoms with Crippen LogP contribution in [0.15, 0.2) is 0 Å². The van der Waals surface area contributed by atoms with Crippen molar-refractivity contribution >= 4 is 0 Å². The first-order valence-electron chi connectivity index (χ1n) is 3.91. The van der Waals surface area contributed by atoms with E-state index in [2.05, 4.69) is 13.8 Å². The van der Waals surface area contributed by atoms with Crippen molar-refractivity contribution in [2.45, 2.75) is 45.1 Å². The number of hydrogen-bond donors (Lipinski definition) is 1. The van der Waals surface area contributed by atoms with E-state index in [0.717, 1.165) is 12.8 Å². The molecule has 0 radical (unpaired) electrons. The van der Waals surface area contributed by atoms with Gasteiger partial charge >= 0.3 is 0 Å². The molecule has 0 aromatic heterocycles. The van der Waals surface area contributed by atoms with Crippen molar-refractivity contribution in [3.8, 4) is 0 Å². The van der Waals surface area contributed by atoms with Gasteiger partial charge in [-0.3, -0.25) is 0 Å². The maximum absolute atomic E-state index is 9.77. The van der Waals surface area contributed by atoms with E-state index in [1.807, 2.05) is 0 Å². The number of rotatable bonds is 1. The van der Waals surface area contributed by atoms with Gasteiger partial charge in [-0.15, -0.1) is 0 Å². The third kappa shape index (κ3) is 1.11. The second-order valence-corrected chi connectivity index (χ2v) is 3.25. The number of aliphatic hydroxyl groups is 1. The quantitative estimate of drug-likeness (QED) is 0.572. The van der Waals surface area contributed by atoms with Crippen LogP contribution in [0.4, 0.5) is 0 Å². The highest BCUT2D eigenvalue weighted by molar-refractivity contribution is 4.88. The summed E-state index contributed by atoms with van der Waals surface area (Å²) in [6, 6.07) is 0. The molecular weight excluding hydrogens is 112 g/mol.